The van der Waals surface area contributed by atoms with Gasteiger partial charge in [-0.2, -0.15) is 0 Å². The van der Waals surface area contributed by atoms with Crippen LogP contribution in [-0.4, -0.2) is 23.7 Å². The standard InChI is InChI=1S/C17H27NO2/c1-4-5-6-7-8-15(3)18(13-17(19)20)16-11-9-14(2)10-12-16/h9-12,15H,4-8,13H2,1-3H3,(H,19,20). The first-order chi connectivity index (χ1) is 9.54. The van der Waals surface area contributed by atoms with Gasteiger partial charge in [0.15, 0.2) is 0 Å². The molecule has 0 spiro atoms. The van der Waals surface area contributed by atoms with E-state index in [1.165, 1.54) is 24.8 Å². The maximum absolute atomic E-state index is 11.1. The monoisotopic (exact) mass is 277 g/mol. The first kappa shape index (κ1) is 16.5. The second kappa shape index (κ2) is 8.62. The van der Waals surface area contributed by atoms with Gasteiger partial charge >= 0.3 is 5.97 Å². The van der Waals surface area contributed by atoms with Crippen molar-refractivity contribution in [3.05, 3.63) is 29.8 Å². The molecular weight excluding hydrogens is 250 g/mol. The third kappa shape index (κ3) is 5.64. The van der Waals surface area contributed by atoms with Crippen molar-refractivity contribution in [1.29, 1.82) is 0 Å². The summed E-state index contributed by atoms with van der Waals surface area (Å²) in [5.74, 6) is -0.772. The van der Waals surface area contributed by atoms with E-state index in [0.29, 0.717) is 0 Å². The fourth-order valence-corrected chi connectivity index (χ4v) is 2.41. The van der Waals surface area contributed by atoms with Crippen LogP contribution in [0.25, 0.3) is 0 Å². The zero-order chi connectivity index (χ0) is 15.0. The largest absolute Gasteiger partial charge is 0.480 e. The molecule has 112 valence electrons. The zero-order valence-corrected chi connectivity index (χ0v) is 12.9. The molecule has 0 aliphatic heterocycles. The third-order valence-corrected chi connectivity index (χ3v) is 3.68. The van der Waals surface area contributed by atoms with Crippen LogP contribution >= 0.6 is 0 Å². The van der Waals surface area contributed by atoms with Gasteiger partial charge in [0, 0.05) is 11.7 Å². The SMILES string of the molecule is CCCCCCC(C)N(CC(=O)O)c1ccc(C)cc1. The van der Waals surface area contributed by atoms with Gasteiger partial charge in [-0.15, -0.1) is 0 Å². The summed E-state index contributed by atoms with van der Waals surface area (Å²) in [6.45, 7) is 6.43. The molecule has 1 N–H and O–H groups in total. The number of benzene rings is 1. The number of hydrogen-bond acceptors (Lipinski definition) is 2. The topological polar surface area (TPSA) is 40.5 Å². The normalized spacial score (nSPS) is 12.2. The Labute approximate surface area is 122 Å². The van der Waals surface area contributed by atoms with Gasteiger partial charge in [0.1, 0.15) is 6.54 Å². The molecule has 0 aromatic heterocycles. The molecule has 0 aliphatic carbocycles. The Bertz CT molecular complexity index is 400. The minimum atomic E-state index is -0.772. The highest BCUT2D eigenvalue weighted by Crippen LogP contribution is 2.20. The fourth-order valence-electron chi connectivity index (χ4n) is 2.41. The lowest BCUT2D eigenvalue weighted by Gasteiger charge is -2.30. The van der Waals surface area contributed by atoms with Crippen LogP contribution < -0.4 is 4.90 Å². The smallest absolute Gasteiger partial charge is 0.323 e. The number of hydrogen-bond donors (Lipinski definition) is 1. The molecule has 1 aromatic rings. The van der Waals surface area contributed by atoms with Gasteiger partial charge in [-0.3, -0.25) is 4.79 Å². The number of aliphatic carboxylic acids is 1. The first-order valence-corrected chi connectivity index (χ1v) is 7.59. The number of carbonyl (C=O) groups is 1. The van der Waals surface area contributed by atoms with Crippen LogP contribution in [0.3, 0.4) is 0 Å². The van der Waals surface area contributed by atoms with Crippen LogP contribution in [0.1, 0.15) is 51.5 Å². The Morgan fingerprint density at radius 2 is 1.85 bits per heavy atom. The molecule has 1 rings (SSSR count). The van der Waals surface area contributed by atoms with E-state index in [-0.39, 0.29) is 12.6 Å². The summed E-state index contributed by atoms with van der Waals surface area (Å²) in [6.07, 6.45) is 5.93. The summed E-state index contributed by atoms with van der Waals surface area (Å²) in [4.78, 5) is 13.1. The van der Waals surface area contributed by atoms with E-state index in [1.54, 1.807) is 0 Å². The minimum Gasteiger partial charge on any atom is -0.480 e. The highest BCUT2D eigenvalue weighted by molar-refractivity contribution is 5.74. The molecule has 1 aromatic carbocycles. The molecule has 0 radical (unpaired) electrons. The van der Waals surface area contributed by atoms with Crippen LogP contribution in [0.4, 0.5) is 5.69 Å². The maximum atomic E-state index is 11.1. The van der Waals surface area contributed by atoms with Crippen molar-refractivity contribution in [2.45, 2.75) is 58.9 Å². The van der Waals surface area contributed by atoms with E-state index in [2.05, 4.69) is 13.8 Å². The predicted molar refractivity (Wildman–Crippen MR) is 84.4 cm³/mol. The Balaban J connectivity index is 2.67. The van der Waals surface area contributed by atoms with Crippen molar-refractivity contribution in [3.63, 3.8) is 0 Å². The Hall–Kier alpha value is -1.51. The predicted octanol–water partition coefficient (Wildman–Crippen LogP) is 4.24. The Kier molecular flexibility index (Phi) is 7.13. The van der Waals surface area contributed by atoms with Crippen molar-refractivity contribution in [3.8, 4) is 0 Å². The van der Waals surface area contributed by atoms with Crippen LogP contribution in [0, 0.1) is 6.92 Å². The molecule has 0 fully saturated rings. The lowest BCUT2D eigenvalue weighted by atomic mass is 10.1. The lowest BCUT2D eigenvalue weighted by molar-refractivity contribution is -0.135. The van der Waals surface area contributed by atoms with Crippen molar-refractivity contribution >= 4 is 11.7 Å². The highest BCUT2D eigenvalue weighted by atomic mass is 16.4. The molecule has 0 bridgehead atoms. The third-order valence-electron chi connectivity index (χ3n) is 3.68. The second-order valence-electron chi connectivity index (χ2n) is 5.56. The Morgan fingerprint density at radius 3 is 2.40 bits per heavy atom. The van der Waals surface area contributed by atoms with Gasteiger partial charge in [0.25, 0.3) is 0 Å². The van der Waals surface area contributed by atoms with E-state index in [1.807, 2.05) is 36.1 Å². The van der Waals surface area contributed by atoms with Gasteiger partial charge in [-0.25, -0.2) is 0 Å². The highest BCUT2D eigenvalue weighted by Gasteiger charge is 2.17. The molecule has 0 saturated carbocycles. The van der Waals surface area contributed by atoms with Gasteiger partial charge < -0.3 is 10.0 Å². The molecule has 0 amide bonds. The fraction of sp³-hybridized carbons (Fsp3) is 0.588. The summed E-state index contributed by atoms with van der Waals surface area (Å²) < 4.78 is 0. The molecule has 20 heavy (non-hydrogen) atoms. The van der Waals surface area contributed by atoms with E-state index in [0.717, 1.165) is 18.5 Å². The second-order valence-corrected chi connectivity index (χ2v) is 5.56. The minimum absolute atomic E-state index is 0.0675. The summed E-state index contributed by atoms with van der Waals surface area (Å²) in [6, 6.07) is 8.36. The average Bonchev–Trinajstić information content (AvgIpc) is 2.42. The van der Waals surface area contributed by atoms with Gasteiger partial charge in [0.05, 0.1) is 0 Å². The summed E-state index contributed by atoms with van der Waals surface area (Å²) in [5.41, 5.74) is 2.20. The maximum Gasteiger partial charge on any atom is 0.323 e. The number of rotatable bonds is 9. The van der Waals surface area contributed by atoms with Crippen LogP contribution in [0.5, 0.6) is 0 Å². The number of carboxylic acid groups (broad SMARTS) is 1. The number of carboxylic acids is 1. The van der Waals surface area contributed by atoms with Crippen molar-refractivity contribution in [2.24, 2.45) is 0 Å². The Morgan fingerprint density at radius 1 is 1.20 bits per heavy atom. The van der Waals surface area contributed by atoms with Gasteiger partial charge in [0.2, 0.25) is 0 Å². The van der Waals surface area contributed by atoms with E-state index >= 15 is 0 Å². The summed E-state index contributed by atoms with van der Waals surface area (Å²) in [7, 11) is 0. The molecule has 0 aliphatic rings. The van der Waals surface area contributed by atoms with E-state index in [4.69, 9.17) is 5.11 Å². The number of aryl methyl sites for hydroxylation is 1. The molecule has 1 atom stereocenters. The molecule has 3 heteroatoms. The van der Waals surface area contributed by atoms with Crippen molar-refractivity contribution < 1.29 is 9.90 Å². The molecule has 3 nitrogen and oxygen atoms in total. The number of unbranched alkanes of at least 4 members (excludes halogenated alkanes) is 3. The summed E-state index contributed by atoms with van der Waals surface area (Å²) >= 11 is 0. The van der Waals surface area contributed by atoms with Crippen LogP contribution in [0.2, 0.25) is 0 Å². The van der Waals surface area contributed by atoms with Crippen molar-refractivity contribution in [2.75, 3.05) is 11.4 Å². The van der Waals surface area contributed by atoms with Crippen LogP contribution in [-0.2, 0) is 4.79 Å². The lowest BCUT2D eigenvalue weighted by Crippen LogP contribution is -2.37. The van der Waals surface area contributed by atoms with Crippen LogP contribution in [0.15, 0.2) is 24.3 Å². The van der Waals surface area contributed by atoms with E-state index in [9.17, 15) is 4.79 Å². The van der Waals surface area contributed by atoms with Crippen molar-refractivity contribution in [1.82, 2.24) is 0 Å². The number of nitrogens with zero attached hydrogens (tertiary/aromatic N) is 1. The zero-order valence-electron chi connectivity index (χ0n) is 12.9. The van der Waals surface area contributed by atoms with Gasteiger partial charge in [-0.1, -0.05) is 50.3 Å². The number of anilines is 1. The molecule has 0 heterocycles. The molecular formula is C17H27NO2. The quantitative estimate of drug-likeness (QED) is 0.686. The van der Waals surface area contributed by atoms with E-state index < -0.39 is 5.97 Å². The first-order valence-electron chi connectivity index (χ1n) is 7.59. The summed E-state index contributed by atoms with van der Waals surface area (Å²) in [5, 5.41) is 9.12. The molecule has 0 saturated heterocycles. The van der Waals surface area contributed by atoms with Gasteiger partial charge in [-0.05, 0) is 32.4 Å². The molecule has 1 unspecified atom stereocenters. The average molecular weight is 277 g/mol.